The summed E-state index contributed by atoms with van der Waals surface area (Å²) in [6, 6.07) is 6.05. The van der Waals surface area contributed by atoms with Crippen molar-refractivity contribution in [3.8, 4) is 0 Å². The van der Waals surface area contributed by atoms with Crippen LogP contribution in [0, 0.1) is 5.82 Å². The molecule has 1 aliphatic rings. The molecule has 0 radical (unpaired) electrons. The maximum absolute atomic E-state index is 12.9. The van der Waals surface area contributed by atoms with Crippen molar-refractivity contribution in [1.29, 1.82) is 0 Å². The molecule has 0 aromatic heterocycles. The van der Waals surface area contributed by atoms with E-state index < -0.39 is 0 Å². The van der Waals surface area contributed by atoms with Gasteiger partial charge in [0, 0.05) is 27.6 Å². The molecular formula is C18H22FN3O3. The summed E-state index contributed by atoms with van der Waals surface area (Å²) in [6.07, 6.45) is 1.88. The summed E-state index contributed by atoms with van der Waals surface area (Å²) in [5, 5.41) is 17.1. The molecule has 1 heterocycles. The fourth-order valence-electron chi connectivity index (χ4n) is 1.91. The third kappa shape index (κ3) is 5.29. The summed E-state index contributed by atoms with van der Waals surface area (Å²) in [5.74, 6) is 0.137. The third-order valence-corrected chi connectivity index (χ3v) is 3.31. The van der Waals surface area contributed by atoms with Gasteiger partial charge < -0.3 is 19.8 Å². The average molecular weight is 347 g/mol. The van der Waals surface area contributed by atoms with Crippen LogP contribution < -0.4 is 0 Å². The molecule has 134 valence electrons. The highest BCUT2D eigenvalue weighted by atomic mass is 19.1. The predicted molar refractivity (Wildman–Crippen MR) is 96.9 cm³/mol. The SMILES string of the molecule is C=C(OC(Cc1ccc(F)cc1)=NC)C1=C(O)C(=C)N(C)C=N1.CO. The Hall–Kier alpha value is -2.93. The van der Waals surface area contributed by atoms with E-state index in [1.165, 1.54) is 18.5 Å². The van der Waals surface area contributed by atoms with Gasteiger partial charge in [0.1, 0.15) is 5.82 Å². The van der Waals surface area contributed by atoms with Crippen molar-refractivity contribution < 1.29 is 19.3 Å². The van der Waals surface area contributed by atoms with Crippen LogP contribution in [0.1, 0.15) is 5.56 Å². The van der Waals surface area contributed by atoms with E-state index in [0.717, 1.165) is 12.7 Å². The van der Waals surface area contributed by atoms with E-state index in [1.807, 2.05) is 0 Å². The van der Waals surface area contributed by atoms with Gasteiger partial charge in [0.05, 0.1) is 12.0 Å². The van der Waals surface area contributed by atoms with Crippen molar-refractivity contribution in [3.05, 3.63) is 71.7 Å². The fraction of sp³-hybridized carbons (Fsp3) is 0.222. The Balaban J connectivity index is 0.00000151. The summed E-state index contributed by atoms with van der Waals surface area (Å²) in [6.45, 7) is 7.53. The lowest BCUT2D eigenvalue weighted by Gasteiger charge is -2.22. The minimum absolute atomic E-state index is 0.0998. The van der Waals surface area contributed by atoms with Crippen LogP contribution in [0.25, 0.3) is 0 Å². The lowest BCUT2D eigenvalue weighted by molar-refractivity contribution is 0.364. The molecule has 2 N–H and O–H groups in total. The highest BCUT2D eigenvalue weighted by Gasteiger charge is 2.20. The summed E-state index contributed by atoms with van der Waals surface area (Å²) in [5.41, 5.74) is 1.44. The molecule has 6 nitrogen and oxygen atoms in total. The largest absolute Gasteiger partial charge is 0.504 e. The number of aliphatic imine (C=N–C) groups is 2. The van der Waals surface area contributed by atoms with Gasteiger partial charge in [-0.15, -0.1) is 0 Å². The van der Waals surface area contributed by atoms with Gasteiger partial charge in [-0.05, 0) is 17.7 Å². The van der Waals surface area contributed by atoms with Gasteiger partial charge in [-0.2, -0.15) is 0 Å². The van der Waals surface area contributed by atoms with Gasteiger partial charge >= 0.3 is 0 Å². The standard InChI is InChI=1S/C17H18FN3O2.CH4O/c1-11-17(22)16(20-10-21(11)4)12(2)23-15(19-3)9-13-5-7-14(18)8-6-13;1-2/h5-8,10,22H,1-2,9H2,3-4H3;2H,1H3. The molecule has 0 unspecified atom stereocenters. The first-order valence-corrected chi connectivity index (χ1v) is 7.34. The number of nitrogens with zero attached hydrogens (tertiary/aromatic N) is 3. The number of hydrogen-bond acceptors (Lipinski definition) is 6. The summed E-state index contributed by atoms with van der Waals surface area (Å²) < 4.78 is 18.5. The molecule has 0 aliphatic carbocycles. The molecule has 0 bridgehead atoms. The minimum atomic E-state index is -0.302. The molecule has 1 aliphatic heterocycles. The summed E-state index contributed by atoms with van der Waals surface area (Å²) >= 11 is 0. The topological polar surface area (TPSA) is 77.7 Å². The number of hydrogen-bond donors (Lipinski definition) is 2. The van der Waals surface area contributed by atoms with Gasteiger partial charge in [-0.1, -0.05) is 25.3 Å². The van der Waals surface area contributed by atoms with Crippen LogP contribution in [0.2, 0.25) is 0 Å². The Morgan fingerprint density at radius 2 is 1.92 bits per heavy atom. The molecule has 25 heavy (non-hydrogen) atoms. The highest BCUT2D eigenvalue weighted by Crippen LogP contribution is 2.24. The normalized spacial score (nSPS) is 14.2. The van der Waals surface area contributed by atoms with Gasteiger partial charge in [-0.3, -0.25) is 4.99 Å². The van der Waals surface area contributed by atoms with E-state index in [0.29, 0.717) is 18.0 Å². The van der Waals surface area contributed by atoms with E-state index in [2.05, 4.69) is 23.1 Å². The second kappa shape index (κ2) is 9.39. The quantitative estimate of drug-likeness (QED) is 0.499. The number of ether oxygens (including phenoxy) is 1. The molecule has 1 aromatic rings. The number of benzene rings is 1. The highest BCUT2D eigenvalue weighted by molar-refractivity contribution is 5.80. The van der Waals surface area contributed by atoms with E-state index in [-0.39, 0.29) is 23.0 Å². The Morgan fingerprint density at radius 1 is 1.32 bits per heavy atom. The Bertz CT molecular complexity index is 722. The summed E-state index contributed by atoms with van der Waals surface area (Å²) in [4.78, 5) is 9.72. The molecule has 0 fully saturated rings. The second-order valence-electron chi connectivity index (χ2n) is 4.95. The smallest absolute Gasteiger partial charge is 0.194 e. The maximum Gasteiger partial charge on any atom is 0.194 e. The lowest BCUT2D eigenvalue weighted by Crippen LogP contribution is -2.22. The zero-order valence-corrected chi connectivity index (χ0v) is 14.5. The van der Waals surface area contributed by atoms with Crippen LogP contribution in [0.3, 0.4) is 0 Å². The van der Waals surface area contributed by atoms with Crippen molar-refractivity contribution in [3.63, 3.8) is 0 Å². The molecule has 1 aromatic carbocycles. The Labute approximate surface area is 146 Å². The first-order chi connectivity index (χ1) is 11.9. The van der Waals surface area contributed by atoms with E-state index in [4.69, 9.17) is 9.84 Å². The molecular weight excluding hydrogens is 325 g/mol. The number of aliphatic hydroxyl groups excluding tert-OH is 2. The van der Waals surface area contributed by atoms with Gasteiger partial charge in [0.25, 0.3) is 0 Å². The van der Waals surface area contributed by atoms with Crippen LogP contribution in [0.15, 0.2) is 70.3 Å². The second-order valence-corrected chi connectivity index (χ2v) is 4.95. The first kappa shape index (κ1) is 20.1. The number of rotatable bonds is 4. The van der Waals surface area contributed by atoms with Crippen molar-refractivity contribution in [2.24, 2.45) is 9.98 Å². The molecule has 0 spiro atoms. The van der Waals surface area contributed by atoms with E-state index in [9.17, 15) is 9.50 Å². The zero-order valence-electron chi connectivity index (χ0n) is 14.5. The predicted octanol–water partition coefficient (Wildman–Crippen LogP) is 2.79. The third-order valence-electron chi connectivity index (χ3n) is 3.31. The molecule has 0 saturated carbocycles. The van der Waals surface area contributed by atoms with Gasteiger partial charge in [0.2, 0.25) is 0 Å². The minimum Gasteiger partial charge on any atom is -0.504 e. The number of likely N-dealkylation sites (N-methyl/N-ethyl adjacent to an activating group) is 1. The average Bonchev–Trinajstić information content (AvgIpc) is 2.62. The zero-order chi connectivity index (χ0) is 19.0. The summed E-state index contributed by atoms with van der Waals surface area (Å²) in [7, 11) is 4.30. The van der Waals surface area contributed by atoms with Crippen LogP contribution in [-0.2, 0) is 11.2 Å². The van der Waals surface area contributed by atoms with Crippen molar-refractivity contribution >= 4 is 12.2 Å². The van der Waals surface area contributed by atoms with Crippen LogP contribution >= 0.6 is 0 Å². The van der Waals surface area contributed by atoms with Crippen molar-refractivity contribution in [2.45, 2.75) is 6.42 Å². The van der Waals surface area contributed by atoms with E-state index in [1.54, 1.807) is 31.1 Å². The maximum atomic E-state index is 12.9. The van der Waals surface area contributed by atoms with Crippen molar-refractivity contribution in [1.82, 2.24) is 4.90 Å². The van der Waals surface area contributed by atoms with Crippen molar-refractivity contribution in [2.75, 3.05) is 21.2 Å². The number of aliphatic hydroxyl groups is 2. The lowest BCUT2D eigenvalue weighted by atomic mass is 10.1. The number of halogens is 1. The fourth-order valence-corrected chi connectivity index (χ4v) is 1.91. The molecule has 2 rings (SSSR count). The van der Waals surface area contributed by atoms with Crippen LogP contribution in [-0.4, -0.2) is 48.6 Å². The van der Waals surface area contributed by atoms with Gasteiger partial charge in [-0.25, -0.2) is 9.38 Å². The molecule has 7 heteroatoms. The first-order valence-electron chi connectivity index (χ1n) is 7.34. The molecule has 0 amide bonds. The van der Waals surface area contributed by atoms with Crippen LogP contribution in [0.4, 0.5) is 4.39 Å². The monoisotopic (exact) mass is 347 g/mol. The Morgan fingerprint density at radius 3 is 2.48 bits per heavy atom. The van der Waals surface area contributed by atoms with Crippen LogP contribution in [0.5, 0.6) is 0 Å². The Kier molecular flexibility index (Phi) is 7.55. The molecule has 0 saturated heterocycles. The van der Waals surface area contributed by atoms with E-state index >= 15 is 0 Å². The van der Waals surface area contributed by atoms with Gasteiger partial charge in [0.15, 0.2) is 23.1 Å². The molecule has 0 atom stereocenters.